The minimum atomic E-state index is -3.06. The van der Waals surface area contributed by atoms with Crippen molar-refractivity contribution in [3.05, 3.63) is 59.9 Å². The molecule has 1 fully saturated rings. The molecule has 1 aliphatic rings. The molecule has 1 saturated heterocycles. The molecule has 0 saturated carbocycles. The fraction of sp³-hybridized carbons (Fsp3) is 0.278. The lowest BCUT2D eigenvalue weighted by molar-refractivity contribution is 0.0950. The van der Waals surface area contributed by atoms with Gasteiger partial charge in [-0.25, -0.2) is 13.2 Å². The highest BCUT2D eigenvalue weighted by molar-refractivity contribution is 7.91. The number of nitrogens with zero attached hydrogens (tertiary/aromatic N) is 1. The molecule has 0 aliphatic carbocycles. The van der Waals surface area contributed by atoms with Gasteiger partial charge < -0.3 is 16.0 Å². The van der Waals surface area contributed by atoms with Crippen molar-refractivity contribution in [1.82, 2.24) is 15.6 Å². The van der Waals surface area contributed by atoms with E-state index in [1.54, 1.807) is 36.5 Å². The van der Waals surface area contributed by atoms with Gasteiger partial charge in [-0.3, -0.25) is 9.78 Å². The van der Waals surface area contributed by atoms with Crippen LogP contribution in [0.15, 0.2) is 48.7 Å². The number of rotatable bonds is 5. The number of amides is 3. The Bertz CT molecular complexity index is 931. The summed E-state index contributed by atoms with van der Waals surface area (Å²) < 4.78 is 22.9. The van der Waals surface area contributed by atoms with Crippen molar-refractivity contribution in [1.29, 1.82) is 0 Å². The maximum atomic E-state index is 12.3. The highest BCUT2D eigenvalue weighted by Gasteiger charge is 2.28. The van der Waals surface area contributed by atoms with Crippen molar-refractivity contribution < 1.29 is 18.0 Å². The molecule has 1 aromatic carbocycles. The van der Waals surface area contributed by atoms with Gasteiger partial charge in [0.15, 0.2) is 9.84 Å². The monoisotopic (exact) mass is 388 g/mol. The van der Waals surface area contributed by atoms with Gasteiger partial charge in [-0.05, 0) is 36.8 Å². The van der Waals surface area contributed by atoms with Crippen LogP contribution in [0.1, 0.15) is 22.5 Å². The summed E-state index contributed by atoms with van der Waals surface area (Å²) in [5.74, 6) is -0.244. The minimum Gasteiger partial charge on any atom is -0.346 e. The second kappa shape index (κ2) is 8.17. The third-order valence-electron chi connectivity index (χ3n) is 4.11. The SMILES string of the molecule is O=C(Nc1cccc(C(=O)NCc2ccccn2)c1)N[C@H]1CCS(=O)(=O)C1. The van der Waals surface area contributed by atoms with Crippen LogP contribution < -0.4 is 16.0 Å². The number of sulfone groups is 1. The Hall–Kier alpha value is -2.94. The van der Waals surface area contributed by atoms with Crippen LogP contribution in [0.2, 0.25) is 0 Å². The first kappa shape index (κ1) is 18.8. The van der Waals surface area contributed by atoms with Crippen LogP contribution >= 0.6 is 0 Å². The van der Waals surface area contributed by atoms with E-state index in [9.17, 15) is 18.0 Å². The lowest BCUT2D eigenvalue weighted by Crippen LogP contribution is -2.38. The highest BCUT2D eigenvalue weighted by Crippen LogP contribution is 2.13. The summed E-state index contributed by atoms with van der Waals surface area (Å²) in [7, 11) is -3.06. The Labute approximate surface area is 157 Å². The lowest BCUT2D eigenvalue weighted by Gasteiger charge is -2.12. The average molecular weight is 388 g/mol. The van der Waals surface area contributed by atoms with Gasteiger partial charge in [0.2, 0.25) is 0 Å². The van der Waals surface area contributed by atoms with E-state index in [0.29, 0.717) is 24.2 Å². The van der Waals surface area contributed by atoms with Crippen molar-refractivity contribution in [2.24, 2.45) is 0 Å². The Morgan fingerprint density at radius 2 is 2.00 bits per heavy atom. The number of hydrogen-bond donors (Lipinski definition) is 3. The molecule has 9 heteroatoms. The first-order valence-corrected chi connectivity index (χ1v) is 10.3. The number of benzene rings is 1. The molecular formula is C18H20N4O4S. The van der Waals surface area contributed by atoms with Crippen molar-refractivity contribution in [2.45, 2.75) is 19.0 Å². The molecule has 2 heterocycles. The zero-order chi connectivity index (χ0) is 19.3. The Kier molecular flexibility index (Phi) is 5.70. The van der Waals surface area contributed by atoms with Gasteiger partial charge in [0.25, 0.3) is 5.91 Å². The number of carbonyl (C=O) groups excluding carboxylic acids is 2. The highest BCUT2D eigenvalue weighted by atomic mass is 32.2. The van der Waals surface area contributed by atoms with Crippen LogP contribution in [-0.2, 0) is 16.4 Å². The molecule has 0 radical (unpaired) electrons. The molecule has 0 unspecified atom stereocenters. The van der Waals surface area contributed by atoms with Gasteiger partial charge in [-0.15, -0.1) is 0 Å². The van der Waals surface area contributed by atoms with Gasteiger partial charge in [-0.1, -0.05) is 12.1 Å². The summed E-state index contributed by atoms with van der Waals surface area (Å²) in [6.07, 6.45) is 2.06. The number of urea groups is 1. The van der Waals surface area contributed by atoms with E-state index in [4.69, 9.17) is 0 Å². The Morgan fingerprint density at radius 3 is 2.70 bits per heavy atom. The van der Waals surface area contributed by atoms with Gasteiger partial charge in [0.1, 0.15) is 0 Å². The summed E-state index contributed by atoms with van der Waals surface area (Å²) in [5.41, 5.74) is 1.58. The fourth-order valence-corrected chi connectivity index (χ4v) is 4.45. The summed E-state index contributed by atoms with van der Waals surface area (Å²) in [6.45, 7) is 0.300. The van der Waals surface area contributed by atoms with E-state index >= 15 is 0 Å². The number of nitrogens with one attached hydrogen (secondary N) is 3. The quantitative estimate of drug-likeness (QED) is 0.714. The molecular weight excluding hydrogens is 368 g/mol. The number of anilines is 1. The standard InChI is InChI=1S/C18H20N4O4S/c23-17(20-11-15-5-1-2-8-19-15)13-4-3-6-14(10-13)21-18(24)22-16-7-9-27(25,26)12-16/h1-6,8,10,16H,7,9,11-12H2,(H,20,23)(H2,21,22,24)/t16-/m0/s1. The molecule has 1 atom stereocenters. The lowest BCUT2D eigenvalue weighted by atomic mass is 10.2. The molecule has 3 amide bonds. The van der Waals surface area contributed by atoms with Crippen LogP contribution in [0.3, 0.4) is 0 Å². The van der Waals surface area contributed by atoms with Crippen LogP contribution in [-0.4, -0.2) is 42.9 Å². The van der Waals surface area contributed by atoms with Crippen LogP contribution in [0, 0.1) is 0 Å². The maximum absolute atomic E-state index is 12.3. The van der Waals surface area contributed by atoms with Gasteiger partial charge >= 0.3 is 6.03 Å². The zero-order valence-electron chi connectivity index (χ0n) is 14.5. The molecule has 0 bridgehead atoms. The number of pyridine rings is 1. The second-order valence-corrected chi connectivity index (χ2v) is 8.51. The Morgan fingerprint density at radius 1 is 1.15 bits per heavy atom. The molecule has 3 rings (SSSR count). The van der Waals surface area contributed by atoms with E-state index in [2.05, 4.69) is 20.9 Å². The van der Waals surface area contributed by atoms with Gasteiger partial charge in [0, 0.05) is 23.5 Å². The third-order valence-corrected chi connectivity index (χ3v) is 5.87. The minimum absolute atomic E-state index is 0.0453. The summed E-state index contributed by atoms with van der Waals surface area (Å²) in [5, 5.41) is 8.04. The normalized spacial score (nSPS) is 17.9. The summed E-state index contributed by atoms with van der Waals surface area (Å²) in [6, 6.07) is 11.1. The van der Waals surface area contributed by atoms with E-state index in [0.717, 1.165) is 5.69 Å². The van der Waals surface area contributed by atoms with Gasteiger partial charge in [-0.2, -0.15) is 0 Å². The number of carbonyl (C=O) groups is 2. The van der Waals surface area contributed by atoms with Crippen molar-refractivity contribution in [3.8, 4) is 0 Å². The van der Waals surface area contributed by atoms with E-state index in [-0.39, 0.29) is 23.5 Å². The van der Waals surface area contributed by atoms with Crippen LogP contribution in [0.4, 0.5) is 10.5 Å². The smallest absolute Gasteiger partial charge is 0.319 e. The number of hydrogen-bond acceptors (Lipinski definition) is 5. The average Bonchev–Trinajstić information content (AvgIpc) is 2.99. The molecule has 1 aliphatic heterocycles. The maximum Gasteiger partial charge on any atom is 0.319 e. The third kappa shape index (κ3) is 5.52. The molecule has 27 heavy (non-hydrogen) atoms. The molecule has 2 aromatic rings. The van der Waals surface area contributed by atoms with Crippen molar-refractivity contribution in [3.63, 3.8) is 0 Å². The van der Waals surface area contributed by atoms with Gasteiger partial charge in [0.05, 0.1) is 23.7 Å². The largest absolute Gasteiger partial charge is 0.346 e. The Balaban J connectivity index is 1.55. The van der Waals surface area contributed by atoms with E-state index in [1.165, 1.54) is 0 Å². The van der Waals surface area contributed by atoms with Crippen molar-refractivity contribution >= 4 is 27.5 Å². The molecule has 8 nitrogen and oxygen atoms in total. The topological polar surface area (TPSA) is 117 Å². The number of aromatic nitrogens is 1. The van der Waals surface area contributed by atoms with Crippen molar-refractivity contribution in [2.75, 3.05) is 16.8 Å². The predicted octanol–water partition coefficient (Wildman–Crippen LogP) is 1.32. The zero-order valence-corrected chi connectivity index (χ0v) is 15.3. The summed E-state index contributed by atoms with van der Waals surface area (Å²) in [4.78, 5) is 28.5. The molecule has 1 aromatic heterocycles. The predicted molar refractivity (Wildman–Crippen MR) is 101 cm³/mol. The van der Waals surface area contributed by atoms with Crippen LogP contribution in [0.25, 0.3) is 0 Å². The molecule has 3 N–H and O–H groups in total. The van der Waals surface area contributed by atoms with E-state index in [1.807, 2.05) is 12.1 Å². The van der Waals surface area contributed by atoms with E-state index < -0.39 is 15.9 Å². The fourth-order valence-electron chi connectivity index (χ4n) is 2.78. The molecule has 0 spiro atoms. The first-order chi connectivity index (χ1) is 12.9. The summed E-state index contributed by atoms with van der Waals surface area (Å²) >= 11 is 0. The van der Waals surface area contributed by atoms with Crippen LogP contribution in [0.5, 0.6) is 0 Å². The first-order valence-electron chi connectivity index (χ1n) is 8.47. The molecule has 142 valence electrons. The second-order valence-electron chi connectivity index (χ2n) is 6.28.